The average molecular weight is 488 g/mol. The fourth-order valence-corrected chi connectivity index (χ4v) is 2.82. The van der Waals surface area contributed by atoms with Crippen LogP contribution in [0.1, 0.15) is 64.7 Å². The van der Waals surface area contributed by atoms with Gasteiger partial charge in [0.25, 0.3) is 5.91 Å². The van der Waals surface area contributed by atoms with E-state index in [-0.39, 0.29) is 23.1 Å². The van der Waals surface area contributed by atoms with Crippen molar-refractivity contribution in [3.05, 3.63) is 77.6 Å². The van der Waals surface area contributed by atoms with Crippen molar-refractivity contribution in [2.75, 3.05) is 13.6 Å². The Morgan fingerprint density at radius 2 is 1.46 bits per heavy atom. The highest BCUT2D eigenvalue weighted by atomic mass is 19.1. The lowest BCUT2D eigenvalue weighted by Crippen LogP contribution is -2.38. The molecule has 0 fully saturated rings. The number of nitrogens with two attached hydrogens (primary N) is 2. The minimum atomic E-state index is -0.430. The zero-order chi connectivity index (χ0) is 27.6. The Balaban J connectivity index is 0. The van der Waals surface area contributed by atoms with Crippen LogP contribution in [-0.2, 0) is 22.6 Å². The van der Waals surface area contributed by atoms with Crippen molar-refractivity contribution >= 4 is 18.3 Å². The van der Waals surface area contributed by atoms with Crippen LogP contribution >= 0.6 is 0 Å². The fourth-order valence-electron chi connectivity index (χ4n) is 2.82. The van der Waals surface area contributed by atoms with E-state index in [2.05, 4.69) is 40.0 Å². The molecule has 196 valence electrons. The second-order valence-corrected chi connectivity index (χ2v) is 9.50. The third-order valence-corrected chi connectivity index (χ3v) is 4.65. The van der Waals surface area contributed by atoms with Crippen LogP contribution in [0.25, 0.3) is 5.57 Å². The van der Waals surface area contributed by atoms with E-state index in [1.54, 1.807) is 23.1 Å². The van der Waals surface area contributed by atoms with E-state index in [9.17, 15) is 9.18 Å². The van der Waals surface area contributed by atoms with Crippen molar-refractivity contribution in [2.24, 2.45) is 16.9 Å². The maximum Gasteiger partial charge on any atom is 0.254 e. The van der Waals surface area contributed by atoms with Crippen LogP contribution in [0.15, 0.2) is 55.1 Å². The van der Waals surface area contributed by atoms with Crippen molar-refractivity contribution in [3.63, 3.8) is 0 Å². The molecule has 5 nitrogen and oxygen atoms in total. The minimum absolute atomic E-state index is 0.0229. The molecule has 1 amide bonds. The van der Waals surface area contributed by atoms with Gasteiger partial charge in [-0.05, 0) is 56.0 Å². The van der Waals surface area contributed by atoms with Gasteiger partial charge in [-0.2, -0.15) is 0 Å². The molecular weight excluding hydrogens is 441 g/mol. The van der Waals surface area contributed by atoms with E-state index in [0.29, 0.717) is 18.5 Å². The van der Waals surface area contributed by atoms with Gasteiger partial charge < -0.3 is 21.2 Å². The maximum absolute atomic E-state index is 14.0. The predicted molar refractivity (Wildman–Crippen MR) is 147 cm³/mol. The highest BCUT2D eigenvalue weighted by Gasteiger charge is 2.23. The van der Waals surface area contributed by atoms with Gasteiger partial charge in [-0.1, -0.05) is 83.7 Å². The molecule has 0 saturated carbocycles. The number of hydrogen-bond donors (Lipinski definition) is 2. The van der Waals surface area contributed by atoms with Crippen LogP contribution < -0.4 is 11.5 Å². The van der Waals surface area contributed by atoms with E-state index in [1.165, 1.54) is 18.7 Å². The number of hydrogen-bond acceptors (Lipinski definition) is 4. The molecule has 2 aromatic rings. The Morgan fingerprint density at radius 1 is 1.00 bits per heavy atom. The molecule has 2 rings (SSSR count). The Labute approximate surface area is 212 Å². The second kappa shape index (κ2) is 18.5. The van der Waals surface area contributed by atoms with Crippen molar-refractivity contribution in [1.82, 2.24) is 4.90 Å². The average Bonchev–Trinajstić information content (AvgIpc) is 2.84. The molecule has 0 saturated heterocycles. The molecule has 0 aliphatic carbocycles. The number of carbonyl (C=O) groups is 2. The molecule has 35 heavy (non-hydrogen) atoms. The van der Waals surface area contributed by atoms with Crippen LogP contribution in [-0.4, -0.2) is 37.2 Å². The van der Waals surface area contributed by atoms with Gasteiger partial charge in [0.15, 0.2) is 0 Å². The normalized spacial score (nSPS) is 10.8. The summed E-state index contributed by atoms with van der Waals surface area (Å²) in [5.74, 6) is -0.670. The van der Waals surface area contributed by atoms with Crippen LogP contribution in [0.3, 0.4) is 0 Å². The lowest BCUT2D eigenvalue weighted by Gasteiger charge is -2.29. The summed E-state index contributed by atoms with van der Waals surface area (Å²) in [5, 5.41) is 0. The summed E-state index contributed by atoms with van der Waals surface area (Å²) in [4.78, 5) is 22.8. The van der Waals surface area contributed by atoms with Gasteiger partial charge in [-0.15, -0.1) is 0 Å². The van der Waals surface area contributed by atoms with Gasteiger partial charge in [-0.25, -0.2) is 4.39 Å². The standard InChI is InChI=1S/C22H27FN2O.C5H12.CH5N.CH2O/c1-4-16(2)25(15-19-11-9-18(10-12-19)13-14-24)22(26)17(3)20-7-5-6-8-21(20)23;1-5(2,3)4;2*1-2/h5-12,16H,3-4,13-15,24H2,1-2H3;1-4H3;2H2,1H3;1H2. The first-order chi connectivity index (χ1) is 16.5. The number of rotatable bonds is 8. The number of benzene rings is 2. The monoisotopic (exact) mass is 487 g/mol. The summed E-state index contributed by atoms with van der Waals surface area (Å²) in [6, 6.07) is 14.4. The van der Waals surface area contributed by atoms with Crippen LogP contribution in [0.4, 0.5) is 4.39 Å². The summed E-state index contributed by atoms with van der Waals surface area (Å²) >= 11 is 0. The first kappa shape index (κ1) is 34.3. The molecule has 2 aromatic carbocycles. The van der Waals surface area contributed by atoms with E-state index in [4.69, 9.17) is 10.5 Å². The van der Waals surface area contributed by atoms with Crippen molar-refractivity contribution in [3.8, 4) is 0 Å². The summed E-state index contributed by atoms with van der Waals surface area (Å²) in [6.45, 7) is 19.7. The number of amides is 1. The summed E-state index contributed by atoms with van der Waals surface area (Å²) in [5.41, 5.74) is 13.2. The SMILES string of the molecule is C=C(C(=O)N(Cc1ccc(CCN)cc1)C(C)CC)c1ccccc1F.C=O.CC(C)(C)C.CN. The smallest absolute Gasteiger partial charge is 0.254 e. The van der Waals surface area contributed by atoms with Crippen molar-refractivity contribution in [2.45, 2.75) is 67.0 Å². The van der Waals surface area contributed by atoms with E-state index in [1.807, 2.05) is 44.9 Å². The molecule has 4 N–H and O–H groups in total. The molecule has 0 spiro atoms. The van der Waals surface area contributed by atoms with Crippen molar-refractivity contribution < 1.29 is 14.0 Å². The van der Waals surface area contributed by atoms with Gasteiger partial charge in [0, 0.05) is 23.7 Å². The lowest BCUT2D eigenvalue weighted by atomic mass is 10.0. The molecule has 0 radical (unpaired) electrons. The number of halogens is 1. The molecule has 0 aliphatic heterocycles. The Bertz CT molecular complexity index is 855. The fraction of sp³-hybridized carbons (Fsp3) is 0.448. The quantitative estimate of drug-likeness (QED) is 0.474. The highest BCUT2D eigenvalue weighted by Crippen LogP contribution is 2.22. The minimum Gasteiger partial charge on any atom is -0.333 e. The van der Waals surface area contributed by atoms with Gasteiger partial charge in [-0.3, -0.25) is 4.79 Å². The van der Waals surface area contributed by atoms with Crippen LogP contribution in [0.2, 0.25) is 0 Å². The second-order valence-electron chi connectivity index (χ2n) is 9.50. The Morgan fingerprint density at radius 3 is 1.89 bits per heavy atom. The first-order valence-electron chi connectivity index (χ1n) is 11.9. The molecule has 0 aromatic heterocycles. The largest absolute Gasteiger partial charge is 0.333 e. The highest BCUT2D eigenvalue weighted by molar-refractivity contribution is 6.18. The molecule has 6 heteroatoms. The Hall–Kier alpha value is -2.83. The molecule has 1 atom stereocenters. The summed E-state index contributed by atoms with van der Waals surface area (Å²) in [6.07, 6.45) is 1.64. The van der Waals surface area contributed by atoms with E-state index >= 15 is 0 Å². The molecular formula is C29H46FN3O2. The zero-order valence-corrected chi connectivity index (χ0v) is 22.7. The maximum atomic E-state index is 14.0. The van der Waals surface area contributed by atoms with E-state index < -0.39 is 5.82 Å². The summed E-state index contributed by atoms with van der Waals surface area (Å²) in [7, 11) is 1.50. The lowest BCUT2D eigenvalue weighted by molar-refractivity contribution is -0.127. The van der Waals surface area contributed by atoms with Gasteiger partial charge >= 0.3 is 0 Å². The van der Waals surface area contributed by atoms with Gasteiger partial charge in [0.1, 0.15) is 12.6 Å². The summed E-state index contributed by atoms with van der Waals surface area (Å²) < 4.78 is 14.0. The van der Waals surface area contributed by atoms with Crippen LogP contribution in [0, 0.1) is 11.2 Å². The predicted octanol–water partition coefficient (Wildman–Crippen LogP) is 5.61. The molecule has 0 aliphatic rings. The first-order valence-corrected chi connectivity index (χ1v) is 11.9. The van der Waals surface area contributed by atoms with Crippen molar-refractivity contribution in [1.29, 1.82) is 0 Å². The third-order valence-electron chi connectivity index (χ3n) is 4.65. The van der Waals surface area contributed by atoms with Gasteiger partial charge in [0.2, 0.25) is 0 Å². The number of carbonyl (C=O) groups excluding carboxylic acids is 2. The Kier molecular flexibility index (Phi) is 18.1. The molecule has 1 unspecified atom stereocenters. The zero-order valence-electron chi connectivity index (χ0n) is 22.7. The van der Waals surface area contributed by atoms with E-state index in [0.717, 1.165) is 18.4 Å². The van der Waals surface area contributed by atoms with Gasteiger partial charge in [0.05, 0.1) is 0 Å². The van der Waals surface area contributed by atoms with Crippen LogP contribution in [0.5, 0.6) is 0 Å². The topological polar surface area (TPSA) is 89.4 Å². The third kappa shape index (κ3) is 14.2. The molecule has 0 bridgehead atoms. The molecule has 0 heterocycles. The number of nitrogens with zero attached hydrogens (tertiary/aromatic N) is 1.